The van der Waals surface area contributed by atoms with Gasteiger partial charge in [0.15, 0.2) is 0 Å². The monoisotopic (exact) mass is 230 g/mol. The van der Waals surface area contributed by atoms with Crippen molar-refractivity contribution in [1.82, 2.24) is 0 Å². The smallest absolute Gasteiger partial charge is 0.141 e. The summed E-state index contributed by atoms with van der Waals surface area (Å²) < 4.78 is 5.59. The molecule has 0 saturated heterocycles. The zero-order valence-electron chi connectivity index (χ0n) is 9.25. The number of hydrogen-bond acceptors (Lipinski definition) is 2. The second-order valence-corrected chi connectivity index (χ2v) is 5.00. The van der Waals surface area contributed by atoms with Gasteiger partial charge in [-0.2, -0.15) is 0 Å². The average molecular weight is 231 g/mol. The highest BCUT2D eigenvalue weighted by atomic mass is 35.5. The molecule has 2 aliphatic rings. The minimum atomic E-state index is 0.0940. The van der Waals surface area contributed by atoms with E-state index in [1.165, 1.54) is 12.8 Å². The number of carbonyl (C=O) groups excluding carboxylic acids is 1. The Morgan fingerprint density at radius 3 is 2.93 bits per heavy atom. The van der Waals surface area contributed by atoms with E-state index in [9.17, 15) is 4.79 Å². The van der Waals surface area contributed by atoms with Crippen molar-refractivity contribution < 1.29 is 9.53 Å². The number of ketones is 1. The molecule has 3 heteroatoms. The molecule has 2 bridgehead atoms. The molecule has 2 aliphatic carbocycles. The Morgan fingerprint density at radius 1 is 1.47 bits per heavy atom. The predicted molar refractivity (Wildman–Crippen MR) is 59.8 cm³/mol. The van der Waals surface area contributed by atoms with Gasteiger partial charge in [0.05, 0.1) is 6.10 Å². The summed E-state index contributed by atoms with van der Waals surface area (Å²) in [5, 5.41) is 0. The van der Waals surface area contributed by atoms with Crippen molar-refractivity contribution >= 4 is 17.4 Å². The number of Topliss-reactive ketones (excluding diaryl/α,β-unsaturated/α-hetero) is 1. The Kier molecular flexibility index (Phi) is 3.68. The third-order valence-corrected chi connectivity index (χ3v) is 4.17. The van der Waals surface area contributed by atoms with Gasteiger partial charge in [-0.3, -0.25) is 4.79 Å². The van der Waals surface area contributed by atoms with Crippen LogP contribution in [0.1, 0.15) is 39.0 Å². The van der Waals surface area contributed by atoms with Crippen LogP contribution in [0.4, 0.5) is 0 Å². The minimum absolute atomic E-state index is 0.0940. The van der Waals surface area contributed by atoms with Crippen LogP contribution in [0.15, 0.2) is 0 Å². The molecule has 0 spiro atoms. The predicted octanol–water partition coefficient (Wildman–Crippen LogP) is 2.98. The van der Waals surface area contributed by atoms with Crippen LogP contribution >= 0.6 is 11.6 Å². The Morgan fingerprint density at radius 2 is 2.27 bits per heavy atom. The zero-order chi connectivity index (χ0) is 10.8. The van der Waals surface area contributed by atoms with E-state index in [2.05, 4.69) is 6.92 Å². The maximum atomic E-state index is 12.1. The lowest BCUT2D eigenvalue weighted by Crippen LogP contribution is -2.47. The van der Waals surface area contributed by atoms with E-state index in [0.29, 0.717) is 17.6 Å². The van der Waals surface area contributed by atoms with Gasteiger partial charge in [0.25, 0.3) is 0 Å². The number of rotatable bonds is 3. The molecule has 0 radical (unpaired) electrons. The Bertz CT molecular complexity index is 242. The largest absolute Gasteiger partial charge is 0.361 e. The molecule has 0 heterocycles. The van der Waals surface area contributed by atoms with Crippen LogP contribution in [-0.2, 0) is 9.53 Å². The van der Waals surface area contributed by atoms with Gasteiger partial charge in [0, 0.05) is 11.8 Å². The SMILES string of the molecule is CCC1C(=O)C2CCCC(C2)C1OCCl. The fraction of sp³-hybridized carbons (Fsp3) is 0.917. The van der Waals surface area contributed by atoms with E-state index in [1.807, 2.05) is 0 Å². The number of carbonyl (C=O) groups is 1. The Hall–Kier alpha value is -0.0800. The summed E-state index contributed by atoms with van der Waals surface area (Å²) in [6, 6.07) is 0.218. The number of fused-ring (bicyclic) bond motifs is 2. The van der Waals surface area contributed by atoms with E-state index >= 15 is 0 Å². The van der Waals surface area contributed by atoms with Crippen molar-refractivity contribution in [3.8, 4) is 0 Å². The van der Waals surface area contributed by atoms with Crippen molar-refractivity contribution in [2.45, 2.75) is 45.1 Å². The molecule has 0 aromatic carbocycles. The molecule has 0 aromatic heterocycles. The Labute approximate surface area is 96.3 Å². The van der Waals surface area contributed by atoms with E-state index in [4.69, 9.17) is 16.3 Å². The van der Waals surface area contributed by atoms with Crippen LogP contribution < -0.4 is 0 Å². The van der Waals surface area contributed by atoms with Crippen LogP contribution in [0.25, 0.3) is 0 Å². The maximum Gasteiger partial charge on any atom is 0.141 e. The number of hydrogen-bond donors (Lipinski definition) is 0. The summed E-state index contributed by atoms with van der Waals surface area (Å²) in [6.07, 6.45) is 5.52. The van der Waals surface area contributed by atoms with Gasteiger partial charge in [0.1, 0.15) is 11.8 Å². The minimum Gasteiger partial charge on any atom is -0.361 e. The van der Waals surface area contributed by atoms with Crippen molar-refractivity contribution in [2.24, 2.45) is 17.8 Å². The van der Waals surface area contributed by atoms with Crippen LogP contribution in [0.2, 0.25) is 0 Å². The molecule has 2 fully saturated rings. The molecule has 4 unspecified atom stereocenters. The summed E-state index contributed by atoms with van der Waals surface area (Å²) in [7, 11) is 0. The van der Waals surface area contributed by atoms with Gasteiger partial charge in [-0.15, -0.1) is 0 Å². The van der Waals surface area contributed by atoms with E-state index < -0.39 is 0 Å². The van der Waals surface area contributed by atoms with Crippen LogP contribution in [-0.4, -0.2) is 18.0 Å². The standard InChI is InChI=1S/C12H19ClO2/c1-2-10-11(14)8-4-3-5-9(6-8)12(10)15-7-13/h8-10,12H,2-7H2,1H3. The highest BCUT2D eigenvalue weighted by molar-refractivity contribution is 6.17. The second kappa shape index (κ2) is 4.84. The van der Waals surface area contributed by atoms with Crippen LogP contribution in [0.5, 0.6) is 0 Å². The number of halogens is 1. The van der Waals surface area contributed by atoms with Gasteiger partial charge in [-0.1, -0.05) is 24.9 Å². The summed E-state index contributed by atoms with van der Waals surface area (Å²) in [5.74, 6) is 1.44. The topological polar surface area (TPSA) is 26.3 Å². The van der Waals surface area contributed by atoms with Gasteiger partial charge in [0.2, 0.25) is 0 Å². The van der Waals surface area contributed by atoms with E-state index in [-0.39, 0.29) is 18.1 Å². The lowest BCUT2D eigenvalue weighted by molar-refractivity contribution is -0.144. The second-order valence-electron chi connectivity index (χ2n) is 4.78. The summed E-state index contributed by atoms with van der Waals surface area (Å²) >= 11 is 5.65. The molecule has 86 valence electrons. The first-order chi connectivity index (χ1) is 7.27. The van der Waals surface area contributed by atoms with Crippen LogP contribution in [0, 0.1) is 17.8 Å². The van der Waals surface area contributed by atoms with Crippen LogP contribution in [0.3, 0.4) is 0 Å². The quantitative estimate of drug-likeness (QED) is 0.697. The molecule has 15 heavy (non-hydrogen) atoms. The molecule has 2 saturated carbocycles. The van der Waals surface area contributed by atoms with Crippen molar-refractivity contribution in [1.29, 1.82) is 0 Å². The van der Waals surface area contributed by atoms with E-state index in [1.54, 1.807) is 0 Å². The van der Waals surface area contributed by atoms with Gasteiger partial charge >= 0.3 is 0 Å². The molecule has 0 amide bonds. The molecule has 0 aliphatic heterocycles. The average Bonchev–Trinajstić information content (AvgIpc) is 2.27. The van der Waals surface area contributed by atoms with Crippen molar-refractivity contribution in [3.63, 3.8) is 0 Å². The van der Waals surface area contributed by atoms with Gasteiger partial charge in [-0.05, 0) is 31.6 Å². The van der Waals surface area contributed by atoms with Gasteiger partial charge < -0.3 is 4.74 Å². The number of ether oxygens (including phenoxy) is 1. The first-order valence-electron chi connectivity index (χ1n) is 5.99. The fourth-order valence-corrected chi connectivity index (χ4v) is 3.48. The van der Waals surface area contributed by atoms with E-state index in [0.717, 1.165) is 19.3 Å². The zero-order valence-corrected chi connectivity index (χ0v) is 10.0. The third-order valence-electron chi connectivity index (χ3n) is 4.04. The molecule has 0 aromatic rings. The normalized spacial score (nSPS) is 40.5. The number of alkyl halides is 1. The maximum absolute atomic E-state index is 12.1. The summed E-state index contributed by atoms with van der Waals surface area (Å²) in [5.41, 5.74) is 0. The molecule has 0 N–H and O–H groups in total. The molecular weight excluding hydrogens is 212 g/mol. The fourth-order valence-electron chi connectivity index (χ4n) is 3.34. The first-order valence-corrected chi connectivity index (χ1v) is 6.52. The summed E-state index contributed by atoms with van der Waals surface area (Å²) in [6.45, 7) is 2.08. The molecular formula is C12H19ClO2. The molecule has 4 atom stereocenters. The third kappa shape index (κ3) is 2.07. The van der Waals surface area contributed by atoms with Gasteiger partial charge in [-0.25, -0.2) is 0 Å². The Balaban J connectivity index is 2.15. The molecule has 2 rings (SSSR count). The van der Waals surface area contributed by atoms with Crippen molar-refractivity contribution in [3.05, 3.63) is 0 Å². The lowest BCUT2D eigenvalue weighted by atomic mass is 9.65. The lowest BCUT2D eigenvalue weighted by Gasteiger charge is -2.43. The highest BCUT2D eigenvalue weighted by Crippen LogP contribution is 2.43. The first kappa shape index (κ1) is 11.4. The van der Waals surface area contributed by atoms with Crippen molar-refractivity contribution in [2.75, 3.05) is 6.07 Å². The molecule has 2 nitrogen and oxygen atoms in total. The highest BCUT2D eigenvalue weighted by Gasteiger charge is 2.45. The summed E-state index contributed by atoms with van der Waals surface area (Å²) in [4.78, 5) is 12.1.